The second-order valence-corrected chi connectivity index (χ2v) is 9.64. The Bertz CT molecular complexity index is 1010. The van der Waals surface area contributed by atoms with Gasteiger partial charge in [-0.15, -0.1) is 0 Å². The van der Waals surface area contributed by atoms with Gasteiger partial charge in [0.1, 0.15) is 5.41 Å². The Morgan fingerprint density at radius 1 is 1.28 bits per heavy atom. The SMILES string of the molecule is C[C@@H]1Cc2nc(NC(=O)N[C@@H]3CCOC3)sc2[C@H](C)N1c1nc(C2(C(F)(F)F)CC2)no1. The van der Waals surface area contributed by atoms with Crippen LogP contribution in [0.15, 0.2) is 4.52 Å². The maximum absolute atomic E-state index is 13.4. The third-order valence-electron chi connectivity index (χ3n) is 6.33. The first-order chi connectivity index (χ1) is 15.2. The summed E-state index contributed by atoms with van der Waals surface area (Å²) in [5, 5.41) is 9.77. The number of nitrogens with zero attached hydrogens (tertiary/aromatic N) is 4. The summed E-state index contributed by atoms with van der Waals surface area (Å²) in [7, 11) is 0. The molecule has 13 heteroatoms. The molecule has 1 aliphatic carbocycles. The van der Waals surface area contributed by atoms with E-state index in [1.165, 1.54) is 11.3 Å². The minimum Gasteiger partial charge on any atom is -0.379 e. The Labute approximate surface area is 185 Å². The zero-order chi connectivity index (χ0) is 22.7. The Morgan fingerprint density at radius 2 is 2.06 bits per heavy atom. The smallest absolute Gasteiger partial charge is 0.379 e. The summed E-state index contributed by atoms with van der Waals surface area (Å²) < 4.78 is 50.8. The quantitative estimate of drug-likeness (QED) is 0.701. The first-order valence-corrected chi connectivity index (χ1v) is 11.3. The molecule has 0 bridgehead atoms. The van der Waals surface area contributed by atoms with Crippen LogP contribution in [-0.4, -0.2) is 52.6 Å². The molecule has 3 aliphatic rings. The van der Waals surface area contributed by atoms with Gasteiger partial charge in [-0.3, -0.25) is 5.32 Å². The van der Waals surface area contributed by atoms with Crippen LogP contribution in [0.4, 0.5) is 29.1 Å². The van der Waals surface area contributed by atoms with E-state index < -0.39 is 11.6 Å². The van der Waals surface area contributed by atoms with Crippen LogP contribution in [0.2, 0.25) is 0 Å². The number of rotatable bonds is 4. The van der Waals surface area contributed by atoms with Gasteiger partial charge in [0.2, 0.25) is 0 Å². The molecule has 0 radical (unpaired) electrons. The summed E-state index contributed by atoms with van der Waals surface area (Å²) in [6.07, 6.45) is -3.14. The number of amides is 2. The number of fused-ring (bicyclic) bond motifs is 1. The van der Waals surface area contributed by atoms with Gasteiger partial charge in [-0.05, 0) is 33.1 Å². The number of halogens is 3. The van der Waals surface area contributed by atoms with Crippen LogP contribution >= 0.6 is 11.3 Å². The van der Waals surface area contributed by atoms with Gasteiger partial charge < -0.3 is 19.5 Å². The molecule has 9 nitrogen and oxygen atoms in total. The Hall–Kier alpha value is -2.41. The van der Waals surface area contributed by atoms with Crippen LogP contribution in [0.25, 0.3) is 0 Å². The summed E-state index contributed by atoms with van der Waals surface area (Å²) in [4.78, 5) is 23.7. The molecule has 2 amide bonds. The molecule has 2 N–H and O–H groups in total. The number of carbonyl (C=O) groups is 1. The van der Waals surface area contributed by atoms with Crippen molar-refractivity contribution in [2.75, 3.05) is 23.4 Å². The zero-order valence-electron chi connectivity index (χ0n) is 17.5. The lowest BCUT2D eigenvalue weighted by Gasteiger charge is -2.36. The molecule has 4 heterocycles. The highest BCUT2D eigenvalue weighted by Crippen LogP contribution is 2.58. The third kappa shape index (κ3) is 3.60. The maximum Gasteiger partial charge on any atom is 0.401 e. The number of alkyl halides is 3. The minimum absolute atomic E-state index is 0.0165. The number of aromatic nitrogens is 3. The second-order valence-electron chi connectivity index (χ2n) is 8.61. The number of urea groups is 1. The molecule has 1 saturated carbocycles. The number of anilines is 2. The van der Waals surface area contributed by atoms with Crippen molar-refractivity contribution >= 4 is 28.5 Å². The van der Waals surface area contributed by atoms with Crippen molar-refractivity contribution in [1.29, 1.82) is 0 Å². The van der Waals surface area contributed by atoms with Crippen molar-refractivity contribution in [1.82, 2.24) is 20.4 Å². The number of thiazole rings is 1. The lowest BCUT2D eigenvalue weighted by molar-refractivity contribution is -0.162. The molecule has 2 aromatic heterocycles. The highest BCUT2D eigenvalue weighted by atomic mass is 32.1. The standard InChI is InChI=1S/C19H23F3N6O3S/c1-9-7-12-13(32-16(24-12)26-15(29)23-11-3-6-30-8-11)10(2)28(9)17-25-14(27-31-17)18(4-5-18)19(20,21)22/h9-11H,3-8H2,1-2H3,(H2,23,24,26,29)/t9-,10+,11-/m1/s1. The van der Waals surface area contributed by atoms with Crippen molar-refractivity contribution in [2.45, 2.75) is 69.2 Å². The van der Waals surface area contributed by atoms with Gasteiger partial charge in [-0.1, -0.05) is 16.5 Å². The zero-order valence-corrected chi connectivity index (χ0v) is 18.3. The van der Waals surface area contributed by atoms with E-state index in [9.17, 15) is 18.0 Å². The average Bonchev–Trinajstić information content (AvgIpc) is 3.05. The summed E-state index contributed by atoms with van der Waals surface area (Å²) in [5.41, 5.74) is -1.14. The lowest BCUT2D eigenvalue weighted by atomic mass is 10.0. The van der Waals surface area contributed by atoms with Crippen LogP contribution in [-0.2, 0) is 16.6 Å². The molecule has 2 fully saturated rings. The first-order valence-electron chi connectivity index (χ1n) is 10.5. The summed E-state index contributed by atoms with van der Waals surface area (Å²) in [5.74, 6) is -0.301. The lowest BCUT2D eigenvalue weighted by Crippen LogP contribution is -2.41. The number of hydrogen-bond donors (Lipinski definition) is 2. The van der Waals surface area contributed by atoms with E-state index in [2.05, 4.69) is 25.8 Å². The van der Waals surface area contributed by atoms with Crippen molar-refractivity contribution in [2.24, 2.45) is 0 Å². The van der Waals surface area contributed by atoms with Gasteiger partial charge in [0.25, 0.3) is 0 Å². The molecule has 32 heavy (non-hydrogen) atoms. The van der Waals surface area contributed by atoms with E-state index in [0.717, 1.165) is 17.0 Å². The minimum atomic E-state index is -4.40. The van der Waals surface area contributed by atoms with Crippen molar-refractivity contribution in [3.05, 3.63) is 16.4 Å². The highest BCUT2D eigenvalue weighted by Gasteiger charge is 2.67. The molecule has 2 aromatic rings. The van der Waals surface area contributed by atoms with Gasteiger partial charge in [0.15, 0.2) is 11.0 Å². The van der Waals surface area contributed by atoms with Crippen molar-refractivity contribution in [3.63, 3.8) is 0 Å². The van der Waals surface area contributed by atoms with Gasteiger partial charge >= 0.3 is 18.2 Å². The van der Waals surface area contributed by atoms with Gasteiger partial charge in [-0.25, -0.2) is 9.78 Å². The molecular formula is C19H23F3N6O3S. The van der Waals surface area contributed by atoms with E-state index in [-0.39, 0.29) is 48.8 Å². The average molecular weight is 472 g/mol. The maximum atomic E-state index is 13.4. The van der Waals surface area contributed by atoms with E-state index >= 15 is 0 Å². The molecule has 0 aromatic carbocycles. The van der Waals surface area contributed by atoms with Crippen LogP contribution in [0, 0.1) is 0 Å². The Balaban J connectivity index is 1.33. The number of hydrogen-bond acceptors (Lipinski definition) is 8. The summed E-state index contributed by atoms with van der Waals surface area (Å²) in [6, 6.07) is -0.651. The molecular weight excluding hydrogens is 449 g/mol. The predicted molar refractivity (Wildman–Crippen MR) is 109 cm³/mol. The molecule has 0 unspecified atom stereocenters. The number of nitrogens with one attached hydrogen (secondary N) is 2. The van der Waals surface area contributed by atoms with Crippen molar-refractivity contribution in [3.8, 4) is 0 Å². The normalized spacial score (nSPS) is 26.7. The third-order valence-corrected chi connectivity index (χ3v) is 7.51. The fourth-order valence-electron chi connectivity index (χ4n) is 4.37. The Morgan fingerprint density at radius 3 is 2.72 bits per heavy atom. The molecule has 1 saturated heterocycles. The van der Waals surface area contributed by atoms with Gasteiger partial charge in [0.05, 0.1) is 29.3 Å². The summed E-state index contributed by atoms with van der Waals surface area (Å²) in [6.45, 7) is 4.96. The predicted octanol–water partition coefficient (Wildman–Crippen LogP) is 3.54. The van der Waals surface area contributed by atoms with Crippen LogP contribution in [0.1, 0.15) is 55.5 Å². The second kappa shape index (κ2) is 7.58. The van der Waals surface area contributed by atoms with E-state index in [0.29, 0.717) is 24.8 Å². The van der Waals surface area contributed by atoms with Crippen LogP contribution < -0.4 is 15.5 Å². The van der Waals surface area contributed by atoms with Gasteiger partial charge in [0, 0.05) is 19.1 Å². The van der Waals surface area contributed by atoms with E-state index in [4.69, 9.17) is 9.26 Å². The van der Waals surface area contributed by atoms with Gasteiger partial charge in [-0.2, -0.15) is 18.2 Å². The topological polar surface area (TPSA) is 105 Å². The summed E-state index contributed by atoms with van der Waals surface area (Å²) >= 11 is 1.33. The number of ether oxygens (including phenoxy) is 1. The van der Waals surface area contributed by atoms with E-state index in [1.807, 2.05) is 18.7 Å². The Kier molecular flexibility index (Phi) is 5.08. The molecule has 2 aliphatic heterocycles. The fraction of sp³-hybridized carbons (Fsp3) is 0.684. The van der Waals surface area contributed by atoms with Crippen molar-refractivity contribution < 1.29 is 27.2 Å². The monoisotopic (exact) mass is 472 g/mol. The molecule has 5 rings (SSSR count). The molecule has 3 atom stereocenters. The molecule has 174 valence electrons. The van der Waals surface area contributed by atoms with E-state index in [1.54, 1.807) is 0 Å². The fourth-order valence-corrected chi connectivity index (χ4v) is 5.41. The highest BCUT2D eigenvalue weighted by molar-refractivity contribution is 7.16. The largest absolute Gasteiger partial charge is 0.401 e. The van der Waals surface area contributed by atoms with Crippen LogP contribution in [0.5, 0.6) is 0 Å². The van der Waals surface area contributed by atoms with Crippen LogP contribution in [0.3, 0.4) is 0 Å². The first kappa shape index (κ1) is 21.4. The molecule has 0 spiro atoms. The number of carbonyl (C=O) groups excluding carboxylic acids is 1.